The third-order valence-electron chi connectivity index (χ3n) is 1.45. The molecule has 1 heterocycles. The number of aromatic nitrogens is 1. The first-order chi connectivity index (χ1) is 6.65. The minimum Gasteiger partial charge on any atom is -0.478 e. The van der Waals surface area contributed by atoms with Gasteiger partial charge in [-0.3, -0.25) is 9.78 Å². The number of rotatable bonds is 3. The third-order valence-corrected chi connectivity index (χ3v) is 1.69. The second-order valence-corrected chi connectivity index (χ2v) is 2.68. The quantitative estimate of drug-likeness (QED) is 0.735. The number of nitrogens with zero attached hydrogens (tertiary/aromatic N) is 1. The number of nitrogens with one attached hydrogen (secondary N) is 1. The summed E-state index contributed by atoms with van der Waals surface area (Å²) < 4.78 is 0. The Bertz CT molecular complexity index is 367. The Kier molecular flexibility index (Phi) is 3.41. The van der Waals surface area contributed by atoms with Crippen LogP contribution in [0.15, 0.2) is 18.5 Å². The highest BCUT2D eigenvalue weighted by Gasteiger charge is 2.11. The largest absolute Gasteiger partial charge is 0.478 e. The average Bonchev–Trinajstić information content (AvgIpc) is 2.18. The van der Waals surface area contributed by atoms with Crippen LogP contribution >= 0.6 is 11.6 Å². The number of carbonyl (C=O) groups is 2. The highest BCUT2D eigenvalue weighted by atomic mass is 35.5. The van der Waals surface area contributed by atoms with Crippen molar-refractivity contribution in [1.29, 1.82) is 0 Å². The molecule has 0 fully saturated rings. The number of pyridine rings is 1. The molecule has 0 radical (unpaired) electrons. The van der Waals surface area contributed by atoms with Crippen molar-refractivity contribution in [2.24, 2.45) is 0 Å². The van der Waals surface area contributed by atoms with Crippen LogP contribution in [-0.4, -0.2) is 27.8 Å². The van der Waals surface area contributed by atoms with Gasteiger partial charge in [0.05, 0.1) is 17.4 Å². The Labute approximate surface area is 84.7 Å². The minimum atomic E-state index is -1.13. The Morgan fingerprint density at radius 3 is 2.86 bits per heavy atom. The van der Waals surface area contributed by atoms with E-state index in [0.29, 0.717) is 0 Å². The molecule has 0 saturated carbocycles. The number of hydrogen-bond donors (Lipinski definition) is 2. The zero-order valence-electron chi connectivity index (χ0n) is 7.03. The van der Waals surface area contributed by atoms with Gasteiger partial charge in [-0.2, -0.15) is 0 Å². The maximum Gasteiger partial charge on any atom is 0.337 e. The van der Waals surface area contributed by atoms with E-state index in [4.69, 9.17) is 16.7 Å². The molecule has 0 unspecified atom stereocenters. The Balaban J connectivity index is 2.95. The van der Waals surface area contributed by atoms with Gasteiger partial charge in [0.15, 0.2) is 0 Å². The number of aromatic carboxylic acids is 1. The molecule has 0 aliphatic heterocycles. The van der Waals surface area contributed by atoms with Crippen LogP contribution in [0.3, 0.4) is 0 Å². The summed E-state index contributed by atoms with van der Waals surface area (Å²) in [5, 5.41) is 11.1. The van der Waals surface area contributed by atoms with Crippen molar-refractivity contribution in [3.63, 3.8) is 0 Å². The van der Waals surface area contributed by atoms with Gasteiger partial charge in [0.2, 0.25) is 5.91 Å². The zero-order valence-corrected chi connectivity index (χ0v) is 7.78. The number of carbonyl (C=O) groups excluding carboxylic acids is 1. The molecule has 1 aromatic heterocycles. The molecule has 0 spiro atoms. The molecule has 0 aliphatic rings. The molecule has 0 atom stereocenters. The first-order valence-corrected chi connectivity index (χ1v) is 4.21. The predicted molar refractivity (Wildman–Crippen MR) is 50.5 cm³/mol. The van der Waals surface area contributed by atoms with E-state index in [0.717, 1.165) is 0 Å². The Morgan fingerprint density at radius 1 is 1.57 bits per heavy atom. The van der Waals surface area contributed by atoms with Gasteiger partial charge >= 0.3 is 5.97 Å². The van der Waals surface area contributed by atoms with Gasteiger partial charge in [-0.05, 0) is 6.07 Å². The average molecular weight is 215 g/mol. The SMILES string of the molecule is O=C(CCl)Nc1cnccc1C(=O)O. The van der Waals surface area contributed by atoms with Gasteiger partial charge < -0.3 is 10.4 Å². The highest BCUT2D eigenvalue weighted by Crippen LogP contribution is 2.12. The molecule has 0 aliphatic carbocycles. The second-order valence-electron chi connectivity index (χ2n) is 2.41. The normalized spacial score (nSPS) is 9.50. The van der Waals surface area contributed by atoms with Crippen LogP contribution in [0.25, 0.3) is 0 Å². The molecule has 0 saturated heterocycles. The van der Waals surface area contributed by atoms with Crippen molar-refractivity contribution in [1.82, 2.24) is 4.98 Å². The lowest BCUT2D eigenvalue weighted by atomic mass is 10.2. The molecule has 14 heavy (non-hydrogen) atoms. The fourth-order valence-electron chi connectivity index (χ4n) is 0.864. The third kappa shape index (κ3) is 2.43. The van der Waals surface area contributed by atoms with Crippen LogP contribution < -0.4 is 5.32 Å². The summed E-state index contributed by atoms with van der Waals surface area (Å²) in [6.07, 6.45) is 2.59. The fourth-order valence-corrected chi connectivity index (χ4v) is 0.931. The van der Waals surface area contributed by atoms with E-state index in [-0.39, 0.29) is 17.1 Å². The maximum atomic E-state index is 10.9. The van der Waals surface area contributed by atoms with E-state index in [2.05, 4.69) is 10.3 Å². The lowest BCUT2D eigenvalue weighted by Gasteiger charge is -2.05. The predicted octanol–water partition coefficient (Wildman–Crippen LogP) is 0.957. The van der Waals surface area contributed by atoms with Crippen molar-refractivity contribution in [3.05, 3.63) is 24.0 Å². The van der Waals surface area contributed by atoms with Crippen LogP contribution in [0.4, 0.5) is 5.69 Å². The summed E-state index contributed by atoms with van der Waals surface area (Å²) in [5.74, 6) is -1.83. The van der Waals surface area contributed by atoms with Crippen LogP contribution in [0.1, 0.15) is 10.4 Å². The molecule has 6 heteroatoms. The van der Waals surface area contributed by atoms with Crippen molar-refractivity contribution in [2.45, 2.75) is 0 Å². The lowest BCUT2D eigenvalue weighted by molar-refractivity contribution is -0.113. The minimum absolute atomic E-state index is 0.0153. The molecule has 2 N–H and O–H groups in total. The molecule has 1 amide bonds. The zero-order chi connectivity index (χ0) is 10.6. The van der Waals surface area contributed by atoms with E-state index >= 15 is 0 Å². The van der Waals surface area contributed by atoms with E-state index in [1.165, 1.54) is 18.5 Å². The Hall–Kier alpha value is -1.62. The van der Waals surface area contributed by atoms with Crippen LogP contribution in [0, 0.1) is 0 Å². The van der Waals surface area contributed by atoms with Gasteiger partial charge in [0.1, 0.15) is 5.88 Å². The summed E-state index contributed by atoms with van der Waals surface area (Å²) >= 11 is 5.25. The van der Waals surface area contributed by atoms with Gasteiger partial charge in [-0.25, -0.2) is 4.79 Å². The van der Waals surface area contributed by atoms with Crippen molar-refractivity contribution >= 4 is 29.2 Å². The molecule has 1 aromatic rings. The monoisotopic (exact) mass is 214 g/mol. The molecule has 0 bridgehead atoms. The van der Waals surface area contributed by atoms with Gasteiger partial charge in [-0.15, -0.1) is 11.6 Å². The summed E-state index contributed by atoms with van der Waals surface area (Å²) in [6, 6.07) is 1.30. The summed E-state index contributed by atoms with van der Waals surface area (Å²) in [7, 11) is 0. The van der Waals surface area contributed by atoms with E-state index in [9.17, 15) is 9.59 Å². The first-order valence-electron chi connectivity index (χ1n) is 3.68. The van der Waals surface area contributed by atoms with Gasteiger partial charge in [0.25, 0.3) is 0 Å². The van der Waals surface area contributed by atoms with Crippen LogP contribution in [0.2, 0.25) is 0 Å². The molecular weight excluding hydrogens is 208 g/mol. The van der Waals surface area contributed by atoms with Crippen molar-refractivity contribution in [3.8, 4) is 0 Å². The van der Waals surface area contributed by atoms with E-state index in [1.807, 2.05) is 0 Å². The molecule has 0 aromatic carbocycles. The van der Waals surface area contributed by atoms with Crippen LogP contribution in [-0.2, 0) is 4.79 Å². The van der Waals surface area contributed by atoms with Crippen molar-refractivity contribution < 1.29 is 14.7 Å². The van der Waals surface area contributed by atoms with Crippen molar-refractivity contribution in [2.75, 3.05) is 11.2 Å². The first kappa shape index (κ1) is 10.5. The number of anilines is 1. The van der Waals surface area contributed by atoms with Gasteiger partial charge in [-0.1, -0.05) is 0 Å². The smallest absolute Gasteiger partial charge is 0.337 e. The topological polar surface area (TPSA) is 79.3 Å². The van der Waals surface area contributed by atoms with E-state index in [1.54, 1.807) is 0 Å². The number of halogens is 1. The lowest BCUT2D eigenvalue weighted by Crippen LogP contribution is -2.15. The summed E-state index contributed by atoms with van der Waals surface area (Å²) in [4.78, 5) is 25.3. The number of carboxylic acid groups (broad SMARTS) is 1. The standard InChI is InChI=1S/C8H7ClN2O3/c9-3-7(12)11-6-4-10-2-1-5(6)8(13)14/h1-2,4H,3H2,(H,11,12)(H,13,14). The number of hydrogen-bond acceptors (Lipinski definition) is 3. The maximum absolute atomic E-state index is 10.9. The highest BCUT2D eigenvalue weighted by molar-refractivity contribution is 6.29. The summed E-state index contributed by atoms with van der Waals surface area (Å²) in [6.45, 7) is 0. The number of carboxylic acids is 1. The second kappa shape index (κ2) is 4.57. The molecule has 74 valence electrons. The molecule has 1 rings (SSSR count). The number of alkyl halides is 1. The number of amides is 1. The molecular formula is C8H7ClN2O3. The Morgan fingerprint density at radius 2 is 2.29 bits per heavy atom. The van der Waals surface area contributed by atoms with E-state index < -0.39 is 11.9 Å². The van der Waals surface area contributed by atoms with Crippen LogP contribution in [0.5, 0.6) is 0 Å². The van der Waals surface area contributed by atoms with Gasteiger partial charge in [0, 0.05) is 6.20 Å². The molecule has 5 nitrogen and oxygen atoms in total. The fraction of sp³-hybridized carbons (Fsp3) is 0.125. The summed E-state index contributed by atoms with van der Waals surface area (Å²) in [5.41, 5.74) is 0.129.